The zero-order valence-corrected chi connectivity index (χ0v) is 17.9. The average Bonchev–Trinajstić information content (AvgIpc) is 2.64. The third kappa shape index (κ3) is 11.7. The molecule has 4 N–H and O–H groups in total. The van der Waals surface area contributed by atoms with Crippen LogP contribution in [-0.4, -0.2) is 59.9 Å². The number of unbranched alkanes of at least 4 members (excludes halogenated alkanes) is 4. The van der Waals surface area contributed by atoms with Gasteiger partial charge in [0.25, 0.3) is 0 Å². The highest BCUT2D eigenvalue weighted by Gasteiger charge is 2.40. The number of hydrogen-bond donors (Lipinski definition) is 4. The molecule has 0 radical (unpaired) electrons. The molecule has 0 aliphatic rings. The molecule has 0 aliphatic carbocycles. The molecule has 0 aromatic rings. The Morgan fingerprint density at radius 2 is 1.22 bits per heavy atom. The predicted molar refractivity (Wildman–Crippen MR) is 99.1 cm³/mol. The second-order valence-electron chi connectivity index (χ2n) is 6.33. The van der Waals surface area contributed by atoms with Gasteiger partial charge < -0.3 is 20.2 Å². The summed E-state index contributed by atoms with van der Waals surface area (Å²) in [6, 6.07) is 0. The first kappa shape index (κ1) is 27.1. The van der Waals surface area contributed by atoms with E-state index in [-0.39, 0.29) is 13.2 Å². The fourth-order valence-electron chi connectivity index (χ4n) is 1.80. The van der Waals surface area contributed by atoms with E-state index in [0.717, 1.165) is 25.7 Å². The molecule has 10 nitrogen and oxygen atoms in total. The quantitative estimate of drug-likeness (QED) is 0.186. The molecule has 1 atom stereocenters. The molecule has 0 spiro atoms. The highest BCUT2D eigenvalue weighted by Crippen LogP contribution is 2.63. The highest BCUT2D eigenvalue weighted by atomic mass is 31.3. The number of hydrogen-bond acceptors (Lipinski definition) is 9. The van der Waals surface area contributed by atoms with Crippen LogP contribution in [0.1, 0.15) is 52.4 Å². The number of aliphatic hydroxyl groups is 3. The van der Waals surface area contributed by atoms with Crippen molar-refractivity contribution in [3.05, 3.63) is 0 Å². The number of phosphoric acid groups is 2. The molecule has 12 heteroatoms. The van der Waals surface area contributed by atoms with E-state index in [0.29, 0.717) is 12.8 Å². The van der Waals surface area contributed by atoms with Crippen LogP contribution in [0.25, 0.3) is 0 Å². The van der Waals surface area contributed by atoms with Gasteiger partial charge in [0.05, 0.1) is 45.1 Å². The van der Waals surface area contributed by atoms with Crippen molar-refractivity contribution < 1.29 is 47.2 Å². The topological polar surface area (TPSA) is 152 Å². The van der Waals surface area contributed by atoms with Gasteiger partial charge in [0, 0.05) is 0 Å². The highest BCUT2D eigenvalue weighted by molar-refractivity contribution is 7.61. The maximum absolute atomic E-state index is 12.7. The van der Waals surface area contributed by atoms with Crippen LogP contribution in [0.2, 0.25) is 0 Å². The predicted octanol–water partition coefficient (Wildman–Crippen LogP) is 2.61. The fourth-order valence-corrected chi connectivity index (χ4v) is 4.59. The summed E-state index contributed by atoms with van der Waals surface area (Å²) < 4.78 is 44.4. The van der Waals surface area contributed by atoms with Crippen LogP contribution < -0.4 is 0 Å². The van der Waals surface area contributed by atoms with E-state index < -0.39 is 47.5 Å². The number of aliphatic hydroxyl groups excluding tert-OH is 3. The van der Waals surface area contributed by atoms with Gasteiger partial charge in [0.1, 0.15) is 0 Å². The minimum absolute atomic E-state index is 0.0206. The van der Waals surface area contributed by atoms with Crippen LogP contribution in [0.4, 0.5) is 0 Å². The molecule has 1 unspecified atom stereocenters. The lowest BCUT2D eigenvalue weighted by molar-refractivity contribution is -0.0320. The minimum Gasteiger partial charge on any atom is -0.396 e. The second-order valence-corrected chi connectivity index (χ2v) is 9.59. The van der Waals surface area contributed by atoms with E-state index in [2.05, 4.69) is 4.31 Å². The van der Waals surface area contributed by atoms with Gasteiger partial charge in [-0.25, -0.2) is 9.13 Å². The lowest BCUT2D eigenvalue weighted by Gasteiger charge is -2.28. The molecule has 0 aromatic heterocycles. The van der Waals surface area contributed by atoms with Gasteiger partial charge in [-0.15, -0.1) is 0 Å². The fraction of sp³-hybridized carbons (Fsp3) is 1.00. The van der Waals surface area contributed by atoms with Gasteiger partial charge in [-0.3, -0.25) is 13.6 Å². The molecule has 0 rings (SSSR count). The van der Waals surface area contributed by atoms with Crippen LogP contribution in [0.15, 0.2) is 0 Å². The van der Waals surface area contributed by atoms with Crippen LogP contribution in [0.5, 0.6) is 0 Å². The maximum Gasteiger partial charge on any atom is 0.483 e. The first-order valence-electron chi connectivity index (χ1n) is 9.12. The van der Waals surface area contributed by atoms with Crippen LogP contribution in [0.3, 0.4) is 0 Å². The maximum atomic E-state index is 12.7. The largest absolute Gasteiger partial charge is 0.483 e. The molecule has 0 fully saturated rings. The first-order chi connectivity index (χ1) is 12.7. The van der Waals surface area contributed by atoms with Gasteiger partial charge in [0.2, 0.25) is 0 Å². The molecule has 27 heavy (non-hydrogen) atoms. The Bertz CT molecular complexity index is 445. The van der Waals surface area contributed by atoms with Gasteiger partial charge in [0.15, 0.2) is 0 Å². The van der Waals surface area contributed by atoms with Gasteiger partial charge in [-0.2, -0.15) is 4.31 Å². The summed E-state index contributed by atoms with van der Waals surface area (Å²) in [4.78, 5) is 9.84. The number of rotatable bonds is 18. The lowest BCUT2D eigenvalue weighted by Crippen LogP contribution is -2.38. The molecule has 0 amide bonds. The Hall–Kier alpha value is 0.140. The molecule has 0 heterocycles. The van der Waals surface area contributed by atoms with E-state index in [1.165, 1.54) is 0 Å². The molecule has 0 aromatic carbocycles. The van der Waals surface area contributed by atoms with Crippen molar-refractivity contribution in [2.24, 2.45) is 5.41 Å². The van der Waals surface area contributed by atoms with E-state index in [4.69, 9.17) is 13.6 Å². The molecule has 164 valence electrons. The summed E-state index contributed by atoms with van der Waals surface area (Å²) in [5.41, 5.74) is -1.55. The monoisotopic (exact) mass is 436 g/mol. The van der Waals surface area contributed by atoms with Crippen molar-refractivity contribution in [2.75, 3.05) is 39.6 Å². The minimum atomic E-state index is -4.91. The second kappa shape index (κ2) is 14.2. The number of phosphoric ester groups is 2. The zero-order chi connectivity index (χ0) is 20.8. The molecule has 0 saturated heterocycles. The van der Waals surface area contributed by atoms with E-state index in [1.54, 1.807) is 0 Å². The van der Waals surface area contributed by atoms with Gasteiger partial charge >= 0.3 is 15.6 Å². The van der Waals surface area contributed by atoms with Crippen molar-refractivity contribution in [1.82, 2.24) is 0 Å². The van der Waals surface area contributed by atoms with Gasteiger partial charge in [-0.05, 0) is 12.8 Å². The van der Waals surface area contributed by atoms with Gasteiger partial charge in [-0.1, -0.05) is 39.5 Å². The Morgan fingerprint density at radius 1 is 0.778 bits per heavy atom. The SMILES string of the molecule is CCCCCOP(=O)(OCCCCC)OP(=O)(O)OCC(CO)(CO)CO. The molecular weight excluding hydrogens is 402 g/mol. The first-order valence-corrected chi connectivity index (χ1v) is 12.1. The van der Waals surface area contributed by atoms with Crippen molar-refractivity contribution in [3.8, 4) is 0 Å². The molecule has 0 aliphatic heterocycles. The van der Waals surface area contributed by atoms with E-state index in [1.807, 2.05) is 13.8 Å². The molecule has 0 bridgehead atoms. The average molecular weight is 436 g/mol. The summed E-state index contributed by atoms with van der Waals surface area (Å²) in [6.45, 7) is 1.21. The van der Waals surface area contributed by atoms with Crippen molar-refractivity contribution >= 4 is 15.6 Å². The summed E-state index contributed by atoms with van der Waals surface area (Å²) in [6.07, 6.45) is 4.57. The van der Waals surface area contributed by atoms with E-state index >= 15 is 0 Å². The summed E-state index contributed by atoms with van der Waals surface area (Å²) in [5.74, 6) is 0. The van der Waals surface area contributed by atoms with Crippen molar-refractivity contribution in [1.29, 1.82) is 0 Å². The van der Waals surface area contributed by atoms with Crippen molar-refractivity contribution in [2.45, 2.75) is 52.4 Å². The Balaban J connectivity index is 4.91. The third-order valence-corrected chi connectivity index (χ3v) is 6.82. The standard InChI is InChI=1S/C15H34O10P2/c1-3-5-7-9-22-27(21,23-10-8-6-4-2)25-26(19,20)24-14-15(11-16,12-17)13-18/h16-18H,3-14H2,1-2H3,(H,19,20). The summed E-state index contributed by atoms with van der Waals surface area (Å²) in [7, 11) is -9.26. The lowest BCUT2D eigenvalue weighted by atomic mass is 9.93. The zero-order valence-electron chi connectivity index (χ0n) is 16.1. The van der Waals surface area contributed by atoms with Crippen LogP contribution >= 0.6 is 15.6 Å². The van der Waals surface area contributed by atoms with E-state index in [9.17, 15) is 29.3 Å². The summed E-state index contributed by atoms with van der Waals surface area (Å²) in [5, 5.41) is 27.7. The third-order valence-electron chi connectivity index (χ3n) is 3.74. The smallest absolute Gasteiger partial charge is 0.396 e. The molecule has 0 saturated carbocycles. The normalized spacial score (nSPS) is 15.0. The Labute approximate surface area is 161 Å². The Morgan fingerprint density at radius 3 is 1.59 bits per heavy atom. The van der Waals surface area contributed by atoms with Crippen molar-refractivity contribution in [3.63, 3.8) is 0 Å². The van der Waals surface area contributed by atoms with Crippen LogP contribution in [-0.2, 0) is 27.0 Å². The molecular formula is C15H34O10P2. The van der Waals surface area contributed by atoms with Crippen LogP contribution in [0, 0.1) is 5.41 Å². The summed E-state index contributed by atoms with van der Waals surface area (Å²) >= 11 is 0. The Kier molecular flexibility index (Phi) is 14.2.